The van der Waals surface area contributed by atoms with Gasteiger partial charge in [0.1, 0.15) is 18.1 Å². The first kappa shape index (κ1) is 28.0. The molecule has 0 aromatic heterocycles. The van der Waals surface area contributed by atoms with Crippen molar-refractivity contribution in [2.45, 2.75) is 18.9 Å². The van der Waals surface area contributed by atoms with Crippen molar-refractivity contribution in [3.8, 4) is 11.5 Å². The van der Waals surface area contributed by atoms with E-state index in [4.69, 9.17) is 50.0 Å². The first-order valence-corrected chi connectivity index (χ1v) is 12.5. The lowest BCUT2D eigenvalue weighted by Crippen LogP contribution is -2.49. The number of carboxylic acid groups (broad SMARTS) is 1. The van der Waals surface area contributed by atoms with Crippen molar-refractivity contribution in [3.63, 3.8) is 0 Å². The van der Waals surface area contributed by atoms with Crippen molar-refractivity contribution in [2.75, 3.05) is 45.6 Å². The van der Waals surface area contributed by atoms with Gasteiger partial charge in [0.2, 0.25) is 0 Å². The second kappa shape index (κ2) is 13.1. The number of carbonyl (C=O) groups excluding carboxylic acids is 1. The summed E-state index contributed by atoms with van der Waals surface area (Å²) in [5.41, 5.74) is 6.46. The largest absolute Gasteiger partial charge is 0.496 e. The molecule has 2 aromatic rings. The van der Waals surface area contributed by atoms with Gasteiger partial charge in [0.15, 0.2) is 0 Å². The fourth-order valence-corrected chi connectivity index (χ4v) is 4.52. The van der Waals surface area contributed by atoms with E-state index in [1.807, 2.05) is 0 Å². The molecule has 1 atom stereocenters. The molecule has 1 aliphatic heterocycles. The third-order valence-corrected chi connectivity index (χ3v) is 6.84. The minimum atomic E-state index is -1.13. The molecule has 0 bridgehead atoms. The fraction of sp³-hybridized carbons (Fsp3) is 0.417. The van der Waals surface area contributed by atoms with Crippen LogP contribution in [0, 0.1) is 5.92 Å². The van der Waals surface area contributed by atoms with E-state index < -0.39 is 12.1 Å². The maximum absolute atomic E-state index is 12.7. The van der Waals surface area contributed by atoms with E-state index in [0.29, 0.717) is 50.9 Å². The van der Waals surface area contributed by atoms with Crippen LogP contribution in [0.2, 0.25) is 15.1 Å². The summed E-state index contributed by atoms with van der Waals surface area (Å²) in [6, 6.07) is 7.44. The predicted molar refractivity (Wildman–Crippen MR) is 141 cm³/mol. The number of rotatable bonds is 10. The molecule has 12 heteroatoms. The lowest BCUT2D eigenvalue weighted by atomic mass is 9.96. The summed E-state index contributed by atoms with van der Waals surface area (Å²) >= 11 is 18.2. The first-order valence-electron chi connectivity index (χ1n) is 11.4. The standard InChI is InChI=1S/C24H29Cl3N4O5/c1-35-21-10-20(28)19(27)9-17(21)23(32)29-11-14-4-6-31(7-5-14)12-16(30-24(33)34)13-36-22-8-15(25)2-3-18(22)26/h2-3,8-10,14,16,30H,4-7,11-13,28H2,1H3,(H,29,32)(H,33,34). The number of amides is 2. The van der Waals surface area contributed by atoms with Crippen molar-refractivity contribution in [1.82, 2.24) is 15.5 Å². The van der Waals surface area contributed by atoms with Gasteiger partial charge in [0, 0.05) is 30.2 Å². The monoisotopic (exact) mass is 558 g/mol. The summed E-state index contributed by atoms with van der Waals surface area (Å²) in [4.78, 5) is 26.1. The van der Waals surface area contributed by atoms with Crippen LogP contribution in [0.1, 0.15) is 23.2 Å². The first-order chi connectivity index (χ1) is 17.2. The lowest BCUT2D eigenvalue weighted by molar-refractivity contribution is 0.0929. The van der Waals surface area contributed by atoms with Crippen molar-refractivity contribution in [2.24, 2.45) is 5.92 Å². The summed E-state index contributed by atoms with van der Waals surface area (Å²) in [6.07, 6.45) is 0.568. The van der Waals surface area contributed by atoms with Crippen molar-refractivity contribution in [1.29, 1.82) is 0 Å². The summed E-state index contributed by atoms with van der Waals surface area (Å²) in [7, 11) is 1.47. The third kappa shape index (κ3) is 7.96. The number of halogens is 3. The Hall–Kier alpha value is -2.59. The summed E-state index contributed by atoms with van der Waals surface area (Å²) in [5.74, 6) is 0.767. The second-order valence-electron chi connectivity index (χ2n) is 8.56. The molecule has 1 saturated heterocycles. The minimum absolute atomic E-state index is 0.105. The molecule has 9 nitrogen and oxygen atoms in total. The molecule has 36 heavy (non-hydrogen) atoms. The van der Waals surface area contributed by atoms with Crippen molar-refractivity contribution >= 4 is 52.5 Å². The van der Waals surface area contributed by atoms with Crippen LogP contribution in [0.15, 0.2) is 30.3 Å². The van der Waals surface area contributed by atoms with Crippen LogP contribution in [0.5, 0.6) is 11.5 Å². The van der Waals surface area contributed by atoms with Gasteiger partial charge in [-0.2, -0.15) is 0 Å². The molecule has 0 saturated carbocycles. The average molecular weight is 560 g/mol. The molecule has 1 unspecified atom stereocenters. The van der Waals surface area contributed by atoms with Crippen LogP contribution < -0.4 is 25.8 Å². The third-order valence-electron chi connectivity index (χ3n) is 5.96. The number of anilines is 1. The van der Waals surface area contributed by atoms with Crippen LogP contribution in [0.3, 0.4) is 0 Å². The number of hydrogen-bond acceptors (Lipinski definition) is 6. The molecule has 1 heterocycles. The number of methoxy groups -OCH3 is 1. The Morgan fingerprint density at radius 2 is 1.86 bits per heavy atom. The summed E-state index contributed by atoms with van der Waals surface area (Å²) in [6.45, 7) is 2.60. The zero-order chi connectivity index (χ0) is 26.2. The molecular formula is C24H29Cl3N4O5. The Kier molecular flexibility index (Phi) is 10.2. The maximum Gasteiger partial charge on any atom is 0.405 e. The molecule has 0 radical (unpaired) electrons. The SMILES string of the molecule is COc1cc(N)c(Cl)cc1C(=O)NCC1CCN(CC(COc2cc(Cl)ccc2Cl)NC(=O)O)CC1. The molecule has 2 aromatic carbocycles. The number of carbonyl (C=O) groups is 2. The van der Waals surface area contributed by atoms with Gasteiger partial charge >= 0.3 is 6.09 Å². The molecule has 0 spiro atoms. The van der Waals surface area contributed by atoms with E-state index in [1.165, 1.54) is 19.2 Å². The Balaban J connectivity index is 1.48. The Labute approximate surface area is 224 Å². The van der Waals surface area contributed by atoms with E-state index >= 15 is 0 Å². The van der Waals surface area contributed by atoms with Crippen molar-refractivity contribution in [3.05, 3.63) is 51.0 Å². The highest BCUT2D eigenvalue weighted by atomic mass is 35.5. The van der Waals surface area contributed by atoms with Gasteiger partial charge in [0.05, 0.1) is 34.4 Å². The number of nitrogens with two attached hydrogens (primary N) is 1. The Morgan fingerprint density at radius 1 is 1.14 bits per heavy atom. The lowest BCUT2D eigenvalue weighted by Gasteiger charge is -2.34. The minimum Gasteiger partial charge on any atom is -0.496 e. The smallest absolute Gasteiger partial charge is 0.405 e. The number of ether oxygens (including phenoxy) is 2. The van der Waals surface area contributed by atoms with Crippen LogP contribution in [0.4, 0.5) is 10.5 Å². The summed E-state index contributed by atoms with van der Waals surface area (Å²) < 4.78 is 11.0. The number of nitrogens with zero attached hydrogens (tertiary/aromatic N) is 1. The Morgan fingerprint density at radius 3 is 2.53 bits per heavy atom. The van der Waals surface area contributed by atoms with E-state index in [-0.39, 0.29) is 18.4 Å². The zero-order valence-electron chi connectivity index (χ0n) is 19.7. The van der Waals surface area contributed by atoms with Gasteiger partial charge in [-0.25, -0.2) is 4.79 Å². The predicted octanol–water partition coefficient (Wildman–Crippen LogP) is 4.39. The second-order valence-corrected chi connectivity index (χ2v) is 9.81. The number of likely N-dealkylation sites (tertiary alicyclic amines) is 1. The van der Waals surface area contributed by atoms with Gasteiger partial charge in [0.25, 0.3) is 5.91 Å². The van der Waals surface area contributed by atoms with Crippen LogP contribution in [0.25, 0.3) is 0 Å². The van der Waals surface area contributed by atoms with Gasteiger partial charge in [-0.3, -0.25) is 4.79 Å². The number of benzene rings is 2. The molecule has 0 aliphatic carbocycles. The van der Waals surface area contributed by atoms with Gasteiger partial charge in [-0.15, -0.1) is 0 Å². The van der Waals surface area contributed by atoms with E-state index in [1.54, 1.807) is 18.2 Å². The van der Waals surface area contributed by atoms with Gasteiger partial charge < -0.3 is 35.8 Å². The zero-order valence-corrected chi connectivity index (χ0v) is 22.0. The topological polar surface area (TPSA) is 126 Å². The van der Waals surface area contributed by atoms with Crippen molar-refractivity contribution < 1.29 is 24.2 Å². The highest BCUT2D eigenvalue weighted by molar-refractivity contribution is 6.34. The molecule has 2 amide bonds. The number of nitrogens with one attached hydrogen (secondary N) is 2. The normalized spacial score (nSPS) is 15.2. The fourth-order valence-electron chi connectivity index (χ4n) is 4.03. The van der Waals surface area contributed by atoms with Crippen LogP contribution >= 0.6 is 34.8 Å². The maximum atomic E-state index is 12.7. The quantitative estimate of drug-likeness (QED) is 0.318. The van der Waals surface area contributed by atoms with E-state index in [0.717, 1.165) is 25.9 Å². The average Bonchev–Trinajstić information content (AvgIpc) is 2.84. The molecule has 1 aliphatic rings. The number of hydrogen-bond donors (Lipinski definition) is 4. The molecule has 196 valence electrons. The van der Waals surface area contributed by atoms with Crippen LogP contribution in [-0.4, -0.2) is 67.9 Å². The molecule has 1 fully saturated rings. The molecule has 3 rings (SSSR count). The highest BCUT2D eigenvalue weighted by Crippen LogP contribution is 2.29. The van der Waals surface area contributed by atoms with Crippen LogP contribution in [-0.2, 0) is 0 Å². The Bertz CT molecular complexity index is 1080. The number of piperidine rings is 1. The van der Waals surface area contributed by atoms with Gasteiger partial charge in [-0.1, -0.05) is 34.8 Å². The van der Waals surface area contributed by atoms with E-state index in [9.17, 15) is 14.7 Å². The summed E-state index contributed by atoms with van der Waals surface area (Å²) in [5, 5.41) is 15.9. The highest BCUT2D eigenvalue weighted by Gasteiger charge is 2.24. The number of nitrogen functional groups attached to an aromatic ring is 1. The molecule has 5 N–H and O–H groups in total. The molecular weight excluding hydrogens is 531 g/mol. The van der Waals surface area contributed by atoms with Gasteiger partial charge in [-0.05, 0) is 50.0 Å². The van der Waals surface area contributed by atoms with E-state index in [2.05, 4.69) is 15.5 Å².